The van der Waals surface area contributed by atoms with Gasteiger partial charge < -0.3 is 4.79 Å². The number of aromatic nitrogens is 1. The van der Waals surface area contributed by atoms with E-state index >= 15 is 0 Å². The van der Waals surface area contributed by atoms with Crippen LogP contribution in [0.3, 0.4) is 0 Å². The first kappa shape index (κ1) is 8.21. The molecule has 1 aromatic rings. The second-order valence-electron chi connectivity index (χ2n) is 2.17. The van der Waals surface area contributed by atoms with Crippen molar-refractivity contribution < 1.29 is 4.79 Å². The minimum Gasteiger partial charge on any atom is -0.303 e. The largest absolute Gasteiger partial charge is 0.303 e. The van der Waals surface area contributed by atoms with Gasteiger partial charge in [-0.3, -0.25) is 4.98 Å². The van der Waals surface area contributed by atoms with Crippen molar-refractivity contribution in [2.45, 2.75) is 12.8 Å². The van der Waals surface area contributed by atoms with E-state index in [2.05, 4.69) is 4.98 Å². The zero-order valence-electron chi connectivity index (χ0n) is 5.96. The zero-order chi connectivity index (χ0) is 8.10. The van der Waals surface area contributed by atoms with Crippen molar-refractivity contribution in [2.24, 2.45) is 0 Å². The fraction of sp³-hybridized carbons (Fsp3) is 0.250. The molecule has 0 bridgehead atoms. The van der Waals surface area contributed by atoms with E-state index in [0.717, 1.165) is 12.0 Å². The van der Waals surface area contributed by atoms with Gasteiger partial charge in [-0.1, -0.05) is 11.6 Å². The maximum atomic E-state index is 10.0. The Bertz CT molecular complexity index is 250. The molecule has 0 aliphatic carbocycles. The maximum absolute atomic E-state index is 10.0. The van der Waals surface area contributed by atoms with Gasteiger partial charge in [0, 0.05) is 23.3 Å². The summed E-state index contributed by atoms with van der Waals surface area (Å²) in [6, 6.07) is 3.48. The van der Waals surface area contributed by atoms with Gasteiger partial charge in [0.05, 0.1) is 0 Å². The van der Waals surface area contributed by atoms with E-state index in [1.807, 2.05) is 0 Å². The predicted molar refractivity (Wildman–Crippen MR) is 43.6 cm³/mol. The lowest BCUT2D eigenvalue weighted by Crippen LogP contribution is -1.89. The summed E-state index contributed by atoms with van der Waals surface area (Å²) in [5.74, 6) is 0. The molecule has 0 aromatic carbocycles. The van der Waals surface area contributed by atoms with Gasteiger partial charge in [0.25, 0.3) is 0 Å². The van der Waals surface area contributed by atoms with Crippen LogP contribution in [0.15, 0.2) is 18.3 Å². The quantitative estimate of drug-likeness (QED) is 0.647. The summed E-state index contributed by atoms with van der Waals surface area (Å²) in [5, 5.41) is 0.667. The molecule has 0 amide bonds. The number of carbonyl (C=O) groups is 1. The first-order valence-corrected chi connectivity index (χ1v) is 3.75. The summed E-state index contributed by atoms with van der Waals surface area (Å²) >= 11 is 5.70. The van der Waals surface area contributed by atoms with Crippen LogP contribution in [0.1, 0.15) is 12.1 Å². The fourth-order valence-corrected chi connectivity index (χ4v) is 0.975. The van der Waals surface area contributed by atoms with Crippen LogP contribution < -0.4 is 0 Å². The maximum Gasteiger partial charge on any atom is 0.120 e. The third-order valence-corrected chi connectivity index (χ3v) is 1.53. The average Bonchev–Trinajstić information content (AvgIpc) is 2.01. The highest BCUT2D eigenvalue weighted by molar-refractivity contribution is 6.30. The number of pyridine rings is 1. The molecule has 0 spiro atoms. The first-order valence-electron chi connectivity index (χ1n) is 3.37. The lowest BCUT2D eigenvalue weighted by Gasteiger charge is -1.95. The third kappa shape index (κ3) is 2.68. The van der Waals surface area contributed by atoms with Crippen molar-refractivity contribution in [1.29, 1.82) is 0 Å². The summed E-state index contributed by atoms with van der Waals surface area (Å²) in [6.45, 7) is 0. The molecule has 1 aromatic heterocycles. The minimum atomic E-state index is 0.507. The van der Waals surface area contributed by atoms with Gasteiger partial charge in [-0.2, -0.15) is 0 Å². The lowest BCUT2D eigenvalue weighted by atomic mass is 10.2. The molecule has 3 heteroatoms. The summed E-state index contributed by atoms with van der Waals surface area (Å²) in [4.78, 5) is 14.0. The molecule has 0 saturated carbocycles. The highest BCUT2D eigenvalue weighted by atomic mass is 35.5. The topological polar surface area (TPSA) is 30.0 Å². The molecule has 58 valence electrons. The van der Waals surface area contributed by atoms with Crippen molar-refractivity contribution in [3.05, 3.63) is 29.0 Å². The smallest absolute Gasteiger partial charge is 0.120 e. The Labute approximate surface area is 70.2 Å². The molecule has 2 nitrogen and oxygen atoms in total. The molecule has 11 heavy (non-hydrogen) atoms. The molecule has 0 unspecified atom stereocenters. The second kappa shape index (κ2) is 4.09. The first-order chi connectivity index (χ1) is 5.33. The normalized spacial score (nSPS) is 9.55. The third-order valence-electron chi connectivity index (χ3n) is 1.30. The van der Waals surface area contributed by atoms with E-state index in [4.69, 9.17) is 11.6 Å². The predicted octanol–water partition coefficient (Wildman–Crippen LogP) is 1.87. The molecule has 0 atom stereocenters. The number of rotatable bonds is 3. The SMILES string of the molecule is O=CCCc1cc(Cl)ccn1. The molecule has 0 fully saturated rings. The van der Waals surface area contributed by atoms with Crippen LogP contribution in [0, 0.1) is 0 Å². The Hall–Kier alpha value is -0.890. The number of aryl methyl sites for hydroxylation is 1. The van der Waals surface area contributed by atoms with Crippen molar-refractivity contribution in [3.8, 4) is 0 Å². The minimum absolute atomic E-state index is 0.507. The number of nitrogens with zero attached hydrogens (tertiary/aromatic N) is 1. The summed E-state index contributed by atoms with van der Waals surface area (Å²) in [7, 11) is 0. The van der Waals surface area contributed by atoms with Crippen LogP contribution in [0.25, 0.3) is 0 Å². The molecule has 1 heterocycles. The van der Waals surface area contributed by atoms with E-state index in [0.29, 0.717) is 17.9 Å². The van der Waals surface area contributed by atoms with E-state index in [-0.39, 0.29) is 0 Å². The number of halogens is 1. The van der Waals surface area contributed by atoms with Crippen molar-refractivity contribution in [3.63, 3.8) is 0 Å². The van der Waals surface area contributed by atoms with Crippen molar-refractivity contribution in [2.75, 3.05) is 0 Å². The number of aldehydes is 1. The number of hydrogen-bond acceptors (Lipinski definition) is 2. The summed E-state index contributed by atoms with van der Waals surface area (Å²) in [5.41, 5.74) is 0.865. The molecule has 1 rings (SSSR count). The second-order valence-corrected chi connectivity index (χ2v) is 2.61. The van der Waals surface area contributed by atoms with Gasteiger partial charge in [-0.05, 0) is 18.6 Å². The van der Waals surface area contributed by atoms with Crippen LogP contribution in [0.4, 0.5) is 0 Å². The Morgan fingerprint density at radius 2 is 2.45 bits per heavy atom. The van der Waals surface area contributed by atoms with Crippen molar-refractivity contribution in [1.82, 2.24) is 4.98 Å². The lowest BCUT2D eigenvalue weighted by molar-refractivity contribution is -0.107. The summed E-state index contributed by atoms with van der Waals surface area (Å²) < 4.78 is 0. The number of carbonyl (C=O) groups excluding carboxylic acids is 1. The van der Waals surface area contributed by atoms with Gasteiger partial charge in [-0.15, -0.1) is 0 Å². The average molecular weight is 170 g/mol. The van der Waals surface area contributed by atoms with Gasteiger partial charge in [-0.25, -0.2) is 0 Å². The Kier molecular flexibility index (Phi) is 3.05. The fourth-order valence-electron chi connectivity index (χ4n) is 0.792. The van der Waals surface area contributed by atoms with E-state index in [1.165, 1.54) is 0 Å². The molecule has 0 aliphatic heterocycles. The molecular weight excluding hydrogens is 162 g/mol. The standard InChI is InChI=1S/C8H8ClNO/c9-7-3-4-10-8(6-7)2-1-5-11/h3-6H,1-2H2. The van der Waals surface area contributed by atoms with Gasteiger partial charge >= 0.3 is 0 Å². The Balaban J connectivity index is 2.63. The molecule has 0 radical (unpaired) electrons. The van der Waals surface area contributed by atoms with E-state index < -0.39 is 0 Å². The van der Waals surface area contributed by atoms with Gasteiger partial charge in [0.15, 0.2) is 0 Å². The highest BCUT2D eigenvalue weighted by Gasteiger charge is 1.93. The van der Waals surface area contributed by atoms with Gasteiger partial charge in [0.2, 0.25) is 0 Å². The Morgan fingerprint density at radius 3 is 3.09 bits per heavy atom. The van der Waals surface area contributed by atoms with Crippen LogP contribution in [-0.2, 0) is 11.2 Å². The van der Waals surface area contributed by atoms with Gasteiger partial charge in [0.1, 0.15) is 6.29 Å². The Morgan fingerprint density at radius 1 is 1.64 bits per heavy atom. The van der Waals surface area contributed by atoms with Crippen LogP contribution in [0.2, 0.25) is 5.02 Å². The summed E-state index contributed by atoms with van der Waals surface area (Å²) in [6.07, 6.45) is 3.70. The molecule has 0 N–H and O–H groups in total. The molecular formula is C8H8ClNO. The van der Waals surface area contributed by atoms with Crippen molar-refractivity contribution >= 4 is 17.9 Å². The molecule has 0 aliphatic rings. The van der Waals surface area contributed by atoms with Crippen LogP contribution in [0.5, 0.6) is 0 Å². The van der Waals surface area contributed by atoms with Crippen LogP contribution >= 0.6 is 11.6 Å². The highest BCUT2D eigenvalue weighted by Crippen LogP contribution is 2.08. The molecule has 0 saturated heterocycles. The van der Waals surface area contributed by atoms with E-state index in [1.54, 1.807) is 18.3 Å². The van der Waals surface area contributed by atoms with E-state index in [9.17, 15) is 4.79 Å². The van der Waals surface area contributed by atoms with Crippen LogP contribution in [-0.4, -0.2) is 11.3 Å². The zero-order valence-corrected chi connectivity index (χ0v) is 6.71. The number of hydrogen-bond donors (Lipinski definition) is 0. The monoisotopic (exact) mass is 169 g/mol.